The second-order valence-corrected chi connectivity index (χ2v) is 7.03. The summed E-state index contributed by atoms with van der Waals surface area (Å²) in [5.74, 6) is -0.0933. The maximum atomic E-state index is 12.2. The van der Waals surface area contributed by atoms with Gasteiger partial charge in [-0.05, 0) is 32.1 Å². The van der Waals surface area contributed by atoms with Gasteiger partial charge in [-0.1, -0.05) is 20.8 Å². The number of hydrogen-bond donors (Lipinski definition) is 2. The van der Waals surface area contributed by atoms with E-state index < -0.39 is 5.54 Å². The fourth-order valence-electron chi connectivity index (χ4n) is 2.56. The molecule has 4 nitrogen and oxygen atoms in total. The summed E-state index contributed by atoms with van der Waals surface area (Å²) in [5.41, 5.74) is 5.12. The molecule has 1 atom stereocenters. The number of hydrogen-bond acceptors (Lipinski definition) is 3. The summed E-state index contributed by atoms with van der Waals surface area (Å²) in [6.07, 6.45) is 1.51. The molecule has 17 heavy (non-hydrogen) atoms. The summed E-state index contributed by atoms with van der Waals surface area (Å²) in [5, 5.41) is 3.05. The Kier molecular flexibility index (Phi) is 3.89. The summed E-state index contributed by atoms with van der Waals surface area (Å²) in [4.78, 5) is 12.2. The number of amides is 1. The lowest BCUT2D eigenvalue weighted by Crippen LogP contribution is -2.59. The van der Waals surface area contributed by atoms with Crippen molar-refractivity contribution in [2.75, 3.05) is 13.2 Å². The molecular formula is C13H26N2O2. The lowest BCUT2D eigenvalue weighted by molar-refractivity contribution is -0.128. The summed E-state index contributed by atoms with van der Waals surface area (Å²) in [6.45, 7) is 11.5. The number of nitrogens with two attached hydrogens (primary N) is 1. The van der Waals surface area contributed by atoms with E-state index in [0.29, 0.717) is 19.6 Å². The van der Waals surface area contributed by atoms with Gasteiger partial charge in [0.15, 0.2) is 0 Å². The fraction of sp³-hybridized carbons (Fsp3) is 0.923. The zero-order chi connectivity index (χ0) is 13.3. The summed E-state index contributed by atoms with van der Waals surface area (Å²) < 4.78 is 5.21. The van der Waals surface area contributed by atoms with Crippen molar-refractivity contribution in [3.05, 3.63) is 0 Å². The first-order valence-electron chi connectivity index (χ1n) is 6.23. The molecule has 1 fully saturated rings. The first kappa shape index (κ1) is 14.5. The van der Waals surface area contributed by atoms with Gasteiger partial charge >= 0.3 is 0 Å². The molecular weight excluding hydrogens is 216 g/mol. The minimum Gasteiger partial charge on any atom is -0.379 e. The Morgan fingerprint density at radius 1 is 1.35 bits per heavy atom. The second kappa shape index (κ2) is 4.58. The number of rotatable bonds is 3. The predicted molar refractivity (Wildman–Crippen MR) is 68.6 cm³/mol. The SMILES string of the molecule is CC(C)(C)CC(C)(C)NC(=O)C1(N)CCOC1. The van der Waals surface area contributed by atoms with Crippen molar-refractivity contribution in [2.45, 2.75) is 58.5 Å². The quantitative estimate of drug-likeness (QED) is 0.787. The van der Waals surface area contributed by atoms with Gasteiger partial charge in [-0.15, -0.1) is 0 Å². The van der Waals surface area contributed by atoms with Crippen molar-refractivity contribution >= 4 is 5.91 Å². The standard InChI is InChI=1S/C13H26N2O2/c1-11(2,3)8-12(4,5)15-10(16)13(14)6-7-17-9-13/h6-9,14H2,1-5H3,(H,15,16). The van der Waals surface area contributed by atoms with Crippen LogP contribution in [0.25, 0.3) is 0 Å². The molecule has 1 heterocycles. The molecule has 1 aliphatic heterocycles. The molecule has 0 aromatic rings. The molecule has 1 unspecified atom stereocenters. The molecule has 100 valence electrons. The van der Waals surface area contributed by atoms with Gasteiger partial charge in [-0.25, -0.2) is 0 Å². The first-order chi connectivity index (χ1) is 7.54. The topological polar surface area (TPSA) is 64.4 Å². The van der Waals surface area contributed by atoms with E-state index in [0.717, 1.165) is 6.42 Å². The monoisotopic (exact) mass is 242 g/mol. The van der Waals surface area contributed by atoms with E-state index in [-0.39, 0.29) is 16.9 Å². The Labute approximate surface area is 104 Å². The van der Waals surface area contributed by atoms with Crippen LogP contribution in [-0.2, 0) is 9.53 Å². The molecule has 0 spiro atoms. The number of carbonyl (C=O) groups is 1. The summed E-state index contributed by atoms with van der Waals surface area (Å²) in [7, 11) is 0. The van der Waals surface area contributed by atoms with Gasteiger partial charge in [-0.3, -0.25) is 4.79 Å². The molecule has 0 radical (unpaired) electrons. The summed E-state index contributed by atoms with van der Waals surface area (Å²) >= 11 is 0. The van der Waals surface area contributed by atoms with Crippen molar-refractivity contribution in [1.29, 1.82) is 0 Å². The van der Waals surface area contributed by atoms with Crippen molar-refractivity contribution in [3.8, 4) is 0 Å². The third kappa shape index (κ3) is 4.28. The van der Waals surface area contributed by atoms with Crippen LogP contribution in [-0.4, -0.2) is 30.2 Å². The van der Waals surface area contributed by atoms with Crippen LogP contribution >= 0.6 is 0 Å². The van der Waals surface area contributed by atoms with Crippen LogP contribution in [0.5, 0.6) is 0 Å². The predicted octanol–water partition coefficient (Wildman–Crippen LogP) is 1.44. The van der Waals surface area contributed by atoms with Gasteiger partial charge in [-0.2, -0.15) is 0 Å². The van der Waals surface area contributed by atoms with Crippen LogP contribution in [0.1, 0.15) is 47.5 Å². The van der Waals surface area contributed by atoms with E-state index in [2.05, 4.69) is 26.1 Å². The third-order valence-electron chi connectivity index (χ3n) is 2.93. The van der Waals surface area contributed by atoms with Crippen LogP contribution in [0, 0.1) is 5.41 Å². The average molecular weight is 242 g/mol. The van der Waals surface area contributed by atoms with Crippen molar-refractivity contribution in [2.24, 2.45) is 11.1 Å². The van der Waals surface area contributed by atoms with Gasteiger partial charge in [0.05, 0.1) is 6.61 Å². The van der Waals surface area contributed by atoms with E-state index in [1.165, 1.54) is 0 Å². The average Bonchev–Trinajstić information content (AvgIpc) is 2.47. The molecule has 0 aliphatic carbocycles. The molecule has 1 aliphatic rings. The highest BCUT2D eigenvalue weighted by Crippen LogP contribution is 2.27. The number of nitrogens with one attached hydrogen (secondary N) is 1. The second-order valence-electron chi connectivity index (χ2n) is 7.03. The minimum absolute atomic E-state index is 0.0933. The molecule has 1 rings (SSSR count). The van der Waals surface area contributed by atoms with Gasteiger partial charge in [0.25, 0.3) is 0 Å². The first-order valence-corrected chi connectivity index (χ1v) is 6.23. The molecule has 0 aromatic carbocycles. The van der Waals surface area contributed by atoms with Crippen molar-refractivity contribution in [1.82, 2.24) is 5.32 Å². The molecule has 0 bridgehead atoms. The maximum Gasteiger partial charge on any atom is 0.242 e. The smallest absolute Gasteiger partial charge is 0.242 e. The Hall–Kier alpha value is -0.610. The zero-order valence-corrected chi connectivity index (χ0v) is 11.7. The highest BCUT2D eigenvalue weighted by Gasteiger charge is 2.40. The van der Waals surface area contributed by atoms with Crippen LogP contribution in [0.2, 0.25) is 0 Å². The molecule has 1 amide bonds. The lowest BCUT2D eigenvalue weighted by atomic mass is 9.81. The van der Waals surface area contributed by atoms with Crippen LogP contribution in [0.3, 0.4) is 0 Å². The number of ether oxygens (including phenoxy) is 1. The minimum atomic E-state index is -0.838. The Morgan fingerprint density at radius 2 is 1.94 bits per heavy atom. The molecule has 1 saturated heterocycles. The molecule has 0 aromatic heterocycles. The van der Waals surface area contributed by atoms with Crippen molar-refractivity contribution < 1.29 is 9.53 Å². The molecule has 4 heteroatoms. The van der Waals surface area contributed by atoms with E-state index in [4.69, 9.17) is 10.5 Å². The summed E-state index contributed by atoms with van der Waals surface area (Å²) in [6, 6.07) is 0. The van der Waals surface area contributed by atoms with Gasteiger partial charge < -0.3 is 15.8 Å². The van der Waals surface area contributed by atoms with E-state index >= 15 is 0 Å². The van der Waals surface area contributed by atoms with Crippen molar-refractivity contribution in [3.63, 3.8) is 0 Å². The zero-order valence-electron chi connectivity index (χ0n) is 11.7. The fourth-order valence-corrected chi connectivity index (χ4v) is 2.56. The Balaban J connectivity index is 2.61. The Bertz CT molecular complexity index is 286. The van der Waals surface area contributed by atoms with Crippen LogP contribution in [0.15, 0.2) is 0 Å². The Morgan fingerprint density at radius 3 is 2.35 bits per heavy atom. The number of carbonyl (C=O) groups excluding carboxylic acids is 1. The lowest BCUT2D eigenvalue weighted by Gasteiger charge is -2.35. The molecule has 3 N–H and O–H groups in total. The van der Waals surface area contributed by atoms with Crippen LogP contribution < -0.4 is 11.1 Å². The highest BCUT2D eigenvalue weighted by molar-refractivity contribution is 5.87. The van der Waals surface area contributed by atoms with E-state index in [1.54, 1.807) is 0 Å². The molecule has 0 saturated carbocycles. The largest absolute Gasteiger partial charge is 0.379 e. The van der Waals surface area contributed by atoms with E-state index in [9.17, 15) is 4.79 Å². The third-order valence-corrected chi connectivity index (χ3v) is 2.93. The maximum absolute atomic E-state index is 12.2. The van der Waals surface area contributed by atoms with Crippen LogP contribution in [0.4, 0.5) is 0 Å². The van der Waals surface area contributed by atoms with E-state index in [1.807, 2.05) is 13.8 Å². The normalized spacial score (nSPS) is 26.0. The van der Waals surface area contributed by atoms with Gasteiger partial charge in [0.2, 0.25) is 5.91 Å². The van der Waals surface area contributed by atoms with Gasteiger partial charge in [0.1, 0.15) is 5.54 Å². The van der Waals surface area contributed by atoms with Gasteiger partial charge in [0, 0.05) is 12.1 Å². The highest BCUT2D eigenvalue weighted by atomic mass is 16.5.